The molecule has 3 saturated heterocycles. The van der Waals surface area contributed by atoms with Crippen molar-refractivity contribution in [1.82, 2.24) is 0 Å². The van der Waals surface area contributed by atoms with E-state index < -0.39 is 7.82 Å². The second-order valence-electron chi connectivity index (χ2n) is 2.63. The van der Waals surface area contributed by atoms with Crippen LogP contribution in [0.4, 0.5) is 0 Å². The van der Waals surface area contributed by atoms with Gasteiger partial charge in [-0.15, -0.1) is 0 Å². The molecule has 1 unspecified atom stereocenters. The molecule has 3 heterocycles. The van der Waals surface area contributed by atoms with Gasteiger partial charge in [0.15, 0.2) is 0 Å². The van der Waals surface area contributed by atoms with Crippen LogP contribution in [0, 0.1) is 5.92 Å². The van der Waals surface area contributed by atoms with Gasteiger partial charge in [-0.05, 0) is 0 Å². The first-order chi connectivity index (χ1) is 5.23. The number of aliphatic hydroxyl groups is 1. The van der Waals surface area contributed by atoms with Crippen molar-refractivity contribution in [3.8, 4) is 0 Å². The number of phosphoric ester groups is 1. The van der Waals surface area contributed by atoms with Crippen LogP contribution in [-0.2, 0) is 18.1 Å². The standard InChI is InChI=1S/C5H9O5P/c6-1-5-4-2-8-11(7,10-5)9-3-4/h4-6H,1-3H2. The van der Waals surface area contributed by atoms with E-state index in [1.165, 1.54) is 0 Å². The number of aliphatic hydroxyl groups excluding tert-OH is 1. The normalized spacial score (nSPS) is 49.5. The van der Waals surface area contributed by atoms with Gasteiger partial charge in [-0.3, -0.25) is 13.6 Å². The maximum absolute atomic E-state index is 11.2. The Morgan fingerprint density at radius 2 is 2.09 bits per heavy atom. The molecule has 3 aliphatic rings. The third kappa shape index (κ3) is 1.23. The van der Waals surface area contributed by atoms with E-state index in [1.54, 1.807) is 0 Å². The van der Waals surface area contributed by atoms with Gasteiger partial charge in [-0.1, -0.05) is 0 Å². The SMILES string of the molecule is O=P12OCC(CO1)C(CO)O2. The van der Waals surface area contributed by atoms with Crippen LogP contribution in [-0.4, -0.2) is 31.0 Å². The quantitative estimate of drug-likeness (QED) is 0.582. The van der Waals surface area contributed by atoms with Crippen molar-refractivity contribution in [3.63, 3.8) is 0 Å². The van der Waals surface area contributed by atoms with Crippen LogP contribution in [0.2, 0.25) is 0 Å². The lowest BCUT2D eigenvalue weighted by molar-refractivity contribution is -0.0919. The Bertz CT molecular complexity index is 193. The molecule has 1 N–H and O–H groups in total. The number of hydrogen-bond donors (Lipinski definition) is 1. The van der Waals surface area contributed by atoms with E-state index in [0.717, 1.165) is 0 Å². The van der Waals surface area contributed by atoms with E-state index in [-0.39, 0.29) is 18.6 Å². The first-order valence-corrected chi connectivity index (χ1v) is 4.88. The highest BCUT2D eigenvalue weighted by molar-refractivity contribution is 7.48. The van der Waals surface area contributed by atoms with E-state index in [0.29, 0.717) is 13.2 Å². The second-order valence-corrected chi connectivity index (χ2v) is 4.25. The zero-order chi connectivity index (χ0) is 7.90. The number of hydrogen-bond acceptors (Lipinski definition) is 5. The third-order valence-corrected chi connectivity index (χ3v) is 3.32. The third-order valence-electron chi connectivity index (χ3n) is 1.86. The van der Waals surface area contributed by atoms with Gasteiger partial charge in [-0.2, -0.15) is 0 Å². The molecule has 0 aromatic rings. The van der Waals surface area contributed by atoms with Gasteiger partial charge >= 0.3 is 7.82 Å². The summed E-state index contributed by atoms with van der Waals surface area (Å²) in [7, 11) is -3.26. The van der Waals surface area contributed by atoms with Crippen molar-refractivity contribution < 1.29 is 23.2 Å². The summed E-state index contributed by atoms with van der Waals surface area (Å²) in [6.07, 6.45) is -0.372. The number of rotatable bonds is 1. The molecule has 5 nitrogen and oxygen atoms in total. The zero-order valence-corrected chi connectivity index (χ0v) is 6.70. The Morgan fingerprint density at radius 1 is 1.45 bits per heavy atom. The Morgan fingerprint density at radius 3 is 2.45 bits per heavy atom. The van der Waals surface area contributed by atoms with Crippen molar-refractivity contribution in [2.45, 2.75) is 6.10 Å². The molecular formula is C5H9O5P. The zero-order valence-electron chi connectivity index (χ0n) is 5.80. The van der Waals surface area contributed by atoms with E-state index >= 15 is 0 Å². The molecule has 0 spiro atoms. The van der Waals surface area contributed by atoms with E-state index in [2.05, 4.69) is 0 Å². The highest BCUT2D eigenvalue weighted by Crippen LogP contribution is 2.58. The maximum atomic E-state index is 11.2. The Kier molecular flexibility index (Phi) is 1.78. The van der Waals surface area contributed by atoms with Gasteiger partial charge in [0.05, 0.1) is 25.9 Å². The highest BCUT2D eigenvalue weighted by Gasteiger charge is 2.46. The Balaban J connectivity index is 2.16. The topological polar surface area (TPSA) is 65.0 Å². The average Bonchev–Trinajstić information content (AvgIpc) is 2.04. The van der Waals surface area contributed by atoms with Crippen LogP contribution in [0.25, 0.3) is 0 Å². The molecule has 0 saturated carbocycles. The molecule has 0 aromatic heterocycles. The van der Waals surface area contributed by atoms with E-state index in [4.69, 9.17) is 18.7 Å². The Labute approximate surface area is 63.9 Å². The summed E-state index contributed by atoms with van der Waals surface area (Å²) in [5.41, 5.74) is 0. The van der Waals surface area contributed by atoms with E-state index in [1.807, 2.05) is 0 Å². The smallest absolute Gasteiger partial charge is 0.394 e. The van der Waals surface area contributed by atoms with Gasteiger partial charge in [-0.25, -0.2) is 4.57 Å². The minimum absolute atomic E-state index is 0.0239. The summed E-state index contributed by atoms with van der Waals surface area (Å²) < 4.78 is 25.7. The van der Waals surface area contributed by atoms with E-state index in [9.17, 15) is 4.57 Å². The van der Waals surface area contributed by atoms with Crippen molar-refractivity contribution in [1.29, 1.82) is 0 Å². The van der Waals surface area contributed by atoms with Crippen molar-refractivity contribution >= 4 is 7.82 Å². The minimum Gasteiger partial charge on any atom is -0.394 e. The summed E-state index contributed by atoms with van der Waals surface area (Å²) in [5, 5.41) is 8.77. The van der Waals surface area contributed by atoms with Crippen molar-refractivity contribution in [3.05, 3.63) is 0 Å². The molecule has 64 valence electrons. The molecule has 0 radical (unpaired) electrons. The summed E-state index contributed by atoms with van der Waals surface area (Å²) in [4.78, 5) is 0. The second kappa shape index (κ2) is 2.54. The van der Waals surface area contributed by atoms with Gasteiger partial charge < -0.3 is 5.11 Å². The molecule has 11 heavy (non-hydrogen) atoms. The van der Waals surface area contributed by atoms with Crippen molar-refractivity contribution in [2.24, 2.45) is 5.92 Å². The fraction of sp³-hybridized carbons (Fsp3) is 1.00. The van der Waals surface area contributed by atoms with Gasteiger partial charge in [0.1, 0.15) is 0 Å². The van der Waals surface area contributed by atoms with Crippen LogP contribution >= 0.6 is 7.82 Å². The first kappa shape index (κ1) is 7.71. The molecule has 6 heteroatoms. The number of phosphoric acid groups is 1. The fourth-order valence-electron chi connectivity index (χ4n) is 1.17. The fourth-order valence-corrected chi connectivity index (χ4v) is 2.68. The molecule has 3 fully saturated rings. The molecule has 1 atom stereocenters. The van der Waals surface area contributed by atoms with Gasteiger partial charge in [0.25, 0.3) is 0 Å². The molecule has 0 aromatic carbocycles. The summed E-state index contributed by atoms with van der Waals surface area (Å²) in [6, 6.07) is 0. The lowest BCUT2D eigenvalue weighted by Crippen LogP contribution is -2.42. The predicted molar refractivity (Wildman–Crippen MR) is 35.0 cm³/mol. The largest absolute Gasteiger partial charge is 0.475 e. The molecule has 3 rings (SSSR count). The minimum atomic E-state index is -3.26. The van der Waals surface area contributed by atoms with Crippen LogP contribution < -0.4 is 0 Å². The average molecular weight is 180 g/mol. The molecule has 2 bridgehead atoms. The molecule has 0 amide bonds. The molecule has 3 aliphatic heterocycles. The van der Waals surface area contributed by atoms with Gasteiger partial charge in [0.2, 0.25) is 0 Å². The monoisotopic (exact) mass is 180 g/mol. The maximum Gasteiger partial charge on any atom is 0.475 e. The van der Waals surface area contributed by atoms with Crippen LogP contribution in [0.3, 0.4) is 0 Å². The lowest BCUT2D eigenvalue weighted by Gasteiger charge is -2.39. The lowest BCUT2D eigenvalue weighted by atomic mass is 10.1. The van der Waals surface area contributed by atoms with Gasteiger partial charge in [0, 0.05) is 5.92 Å². The summed E-state index contributed by atoms with van der Waals surface area (Å²) in [6.45, 7) is 0.604. The van der Waals surface area contributed by atoms with Crippen LogP contribution in [0.1, 0.15) is 0 Å². The van der Waals surface area contributed by atoms with Crippen LogP contribution in [0.15, 0.2) is 0 Å². The molecular weight excluding hydrogens is 171 g/mol. The van der Waals surface area contributed by atoms with Crippen molar-refractivity contribution in [2.75, 3.05) is 19.8 Å². The summed E-state index contributed by atoms with van der Waals surface area (Å²) in [5.74, 6) is 0.0239. The molecule has 0 aliphatic carbocycles. The van der Waals surface area contributed by atoms with Crippen LogP contribution in [0.5, 0.6) is 0 Å². The highest BCUT2D eigenvalue weighted by atomic mass is 31.2. The Hall–Kier alpha value is 0.0700. The first-order valence-electron chi connectivity index (χ1n) is 3.42. The summed E-state index contributed by atoms with van der Waals surface area (Å²) >= 11 is 0. The number of fused-ring (bicyclic) bond motifs is 3. The predicted octanol–water partition coefficient (Wildman–Crippen LogP) is 0.149.